The van der Waals surface area contributed by atoms with Gasteiger partial charge in [0, 0.05) is 17.4 Å². The van der Waals surface area contributed by atoms with E-state index in [1.165, 1.54) is 32.1 Å². The van der Waals surface area contributed by atoms with Crippen LogP contribution in [0, 0.1) is 5.92 Å². The number of hydrogen-bond acceptors (Lipinski definition) is 3. The molecule has 0 radical (unpaired) electrons. The molecular formula is C16H24N2O2. The number of anilines is 2. The molecule has 1 aromatic rings. The molecule has 4 heteroatoms. The Balaban J connectivity index is 1.90. The van der Waals surface area contributed by atoms with E-state index < -0.39 is 6.61 Å². The third-order valence-electron chi connectivity index (χ3n) is 4.08. The topological polar surface area (TPSA) is 61.4 Å². The molecule has 1 amide bonds. The molecular weight excluding hydrogens is 252 g/mol. The molecule has 0 aliphatic heterocycles. The summed E-state index contributed by atoms with van der Waals surface area (Å²) in [6, 6.07) is 8.20. The van der Waals surface area contributed by atoms with Crippen molar-refractivity contribution in [1.29, 1.82) is 0 Å². The number of aliphatic hydroxyl groups is 1. The molecule has 1 aliphatic carbocycles. The molecule has 0 unspecified atom stereocenters. The first-order chi connectivity index (χ1) is 9.71. The van der Waals surface area contributed by atoms with Gasteiger partial charge in [-0.25, -0.2) is 0 Å². The molecule has 0 spiro atoms. The van der Waals surface area contributed by atoms with Crippen molar-refractivity contribution in [1.82, 2.24) is 0 Å². The highest BCUT2D eigenvalue weighted by atomic mass is 16.3. The first-order valence-corrected chi connectivity index (χ1v) is 7.48. The van der Waals surface area contributed by atoms with E-state index in [0.29, 0.717) is 6.04 Å². The maximum absolute atomic E-state index is 11.2. The molecule has 1 saturated carbocycles. The monoisotopic (exact) mass is 276 g/mol. The number of benzene rings is 1. The molecule has 0 atom stereocenters. The average Bonchev–Trinajstić information content (AvgIpc) is 2.48. The van der Waals surface area contributed by atoms with Gasteiger partial charge in [0.15, 0.2) is 0 Å². The van der Waals surface area contributed by atoms with Gasteiger partial charge in [0.25, 0.3) is 0 Å². The molecule has 1 fully saturated rings. The van der Waals surface area contributed by atoms with E-state index in [1.54, 1.807) is 0 Å². The van der Waals surface area contributed by atoms with Crippen LogP contribution >= 0.6 is 0 Å². The van der Waals surface area contributed by atoms with Crippen molar-refractivity contribution in [3.63, 3.8) is 0 Å². The number of aliphatic hydroxyl groups excluding tert-OH is 1. The first kappa shape index (κ1) is 14.9. The highest BCUT2D eigenvalue weighted by Gasteiger charge is 2.19. The summed E-state index contributed by atoms with van der Waals surface area (Å²) < 4.78 is 0. The van der Waals surface area contributed by atoms with Crippen LogP contribution < -0.4 is 10.6 Å². The van der Waals surface area contributed by atoms with E-state index in [9.17, 15) is 4.79 Å². The van der Waals surface area contributed by atoms with Crippen molar-refractivity contribution in [2.75, 3.05) is 17.2 Å². The van der Waals surface area contributed by atoms with Gasteiger partial charge in [-0.1, -0.05) is 19.4 Å². The van der Waals surface area contributed by atoms with Crippen LogP contribution in [0.2, 0.25) is 0 Å². The number of nitrogens with one attached hydrogen (secondary N) is 2. The predicted octanol–water partition coefficient (Wildman–Crippen LogP) is 3.00. The molecule has 2 rings (SSSR count). The Kier molecular flexibility index (Phi) is 5.41. The zero-order valence-corrected chi connectivity index (χ0v) is 12.1. The maximum atomic E-state index is 11.2. The lowest BCUT2D eigenvalue weighted by molar-refractivity contribution is -0.118. The molecule has 3 N–H and O–H groups in total. The van der Waals surface area contributed by atoms with E-state index >= 15 is 0 Å². The summed E-state index contributed by atoms with van der Waals surface area (Å²) in [5, 5.41) is 14.9. The van der Waals surface area contributed by atoms with Gasteiger partial charge in [-0.3, -0.25) is 4.79 Å². The zero-order valence-electron chi connectivity index (χ0n) is 12.1. The fraction of sp³-hybridized carbons (Fsp3) is 0.562. The second-order valence-corrected chi connectivity index (χ2v) is 5.56. The summed E-state index contributed by atoms with van der Waals surface area (Å²) >= 11 is 0. The normalized spacial score (nSPS) is 22.3. The number of amides is 1. The molecule has 0 saturated heterocycles. The predicted molar refractivity (Wildman–Crippen MR) is 81.8 cm³/mol. The van der Waals surface area contributed by atoms with Crippen LogP contribution in [0.4, 0.5) is 11.4 Å². The fourth-order valence-electron chi connectivity index (χ4n) is 2.84. The minimum Gasteiger partial charge on any atom is -0.387 e. The smallest absolute Gasteiger partial charge is 0.250 e. The van der Waals surface area contributed by atoms with Gasteiger partial charge in [-0.15, -0.1) is 0 Å². The van der Waals surface area contributed by atoms with E-state index in [0.717, 1.165) is 17.3 Å². The van der Waals surface area contributed by atoms with E-state index in [-0.39, 0.29) is 5.91 Å². The molecule has 1 aromatic carbocycles. The third kappa shape index (κ3) is 4.23. The summed E-state index contributed by atoms with van der Waals surface area (Å²) in [5.41, 5.74) is 1.75. The van der Waals surface area contributed by atoms with Gasteiger partial charge in [0.2, 0.25) is 5.91 Å². The van der Waals surface area contributed by atoms with Gasteiger partial charge >= 0.3 is 0 Å². The molecule has 4 nitrogen and oxygen atoms in total. The Hall–Kier alpha value is -1.55. The van der Waals surface area contributed by atoms with Crippen LogP contribution in [0.5, 0.6) is 0 Å². The standard InChI is InChI=1S/C16H24N2O2/c1-2-12-6-8-13(9-7-12)17-14-4-3-5-15(10-14)18-16(20)11-19/h3-5,10,12-13,17,19H,2,6-9,11H2,1H3,(H,18,20). The number of carbonyl (C=O) groups excluding carboxylic acids is 1. The Morgan fingerprint density at radius 3 is 2.60 bits per heavy atom. The Morgan fingerprint density at radius 2 is 1.95 bits per heavy atom. The minimum atomic E-state index is -0.487. The second kappa shape index (κ2) is 7.29. The number of hydrogen-bond donors (Lipinski definition) is 3. The van der Waals surface area contributed by atoms with Crippen LogP contribution in [-0.2, 0) is 4.79 Å². The lowest BCUT2D eigenvalue weighted by Crippen LogP contribution is -2.26. The third-order valence-corrected chi connectivity index (χ3v) is 4.08. The second-order valence-electron chi connectivity index (χ2n) is 5.56. The van der Waals surface area contributed by atoms with Crippen molar-refractivity contribution in [2.24, 2.45) is 5.92 Å². The lowest BCUT2D eigenvalue weighted by atomic mass is 9.84. The van der Waals surface area contributed by atoms with Crippen molar-refractivity contribution in [3.8, 4) is 0 Å². The summed E-state index contributed by atoms with van der Waals surface area (Å²) in [4.78, 5) is 11.2. The highest BCUT2D eigenvalue weighted by molar-refractivity contribution is 5.91. The lowest BCUT2D eigenvalue weighted by Gasteiger charge is -2.29. The summed E-state index contributed by atoms with van der Waals surface area (Å²) in [7, 11) is 0. The van der Waals surface area contributed by atoms with Crippen LogP contribution in [0.1, 0.15) is 39.0 Å². The van der Waals surface area contributed by atoms with Gasteiger partial charge in [0.05, 0.1) is 0 Å². The molecule has 1 aliphatic rings. The number of rotatable bonds is 5. The van der Waals surface area contributed by atoms with Gasteiger partial charge in [-0.2, -0.15) is 0 Å². The molecule has 0 aromatic heterocycles. The summed E-state index contributed by atoms with van der Waals surface area (Å²) in [6.45, 7) is 1.78. The van der Waals surface area contributed by atoms with Crippen molar-refractivity contribution >= 4 is 17.3 Å². The molecule has 110 valence electrons. The van der Waals surface area contributed by atoms with Crippen molar-refractivity contribution < 1.29 is 9.90 Å². The maximum Gasteiger partial charge on any atom is 0.250 e. The number of carbonyl (C=O) groups is 1. The van der Waals surface area contributed by atoms with Crippen LogP contribution in [0.25, 0.3) is 0 Å². The van der Waals surface area contributed by atoms with Crippen molar-refractivity contribution in [2.45, 2.75) is 45.1 Å². The average molecular weight is 276 g/mol. The van der Waals surface area contributed by atoms with Gasteiger partial charge in [-0.05, 0) is 49.8 Å². The Bertz CT molecular complexity index is 440. The minimum absolute atomic E-state index is 0.384. The van der Waals surface area contributed by atoms with Gasteiger partial charge < -0.3 is 15.7 Å². The van der Waals surface area contributed by atoms with Crippen LogP contribution in [-0.4, -0.2) is 23.7 Å². The van der Waals surface area contributed by atoms with Gasteiger partial charge in [0.1, 0.15) is 6.61 Å². The van der Waals surface area contributed by atoms with E-state index in [4.69, 9.17) is 5.11 Å². The van der Waals surface area contributed by atoms with Crippen LogP contribution in [0.3, 0.4) is 0 Å². The molecule has 20 heavy (non-hydrogen) atoms. The first-order valence-electron chi connectivity index (χ1n) is 7.48. The quantitative estimate of drug-likeness (QED) is 0.774. The zero-order chi connectivity index (χ0) is 14.4. The summed E-state index contributed by atoms with van der Waals surface area (Å²) in [6.07, 6.45) is 6.32. The molecule has 0 bridgehead atoms. The SMILES string of the molecule is CCC1CCC(Nc2cccc(NC(=O)CO)c2)CC1. The summed E-state index contributed by atoms with van der Waals surface area (Å²) in [5.74, 6) is 0.508. The highest BCUT2D eigenvalue weighted by Crippen LogP contribution is 2.28. The molecule has 0 heterocycles. The van der Waals surface area contributed by atoms with Crippen molar-refractivity contribution in [3.05, 3.63) is 24.3 Å². The Morgan fingerprint density at radius 1 is 1.25 bits per heavy atom. The Labute approximate surface area is 120 Å². The van der Waals surface area contributed by atoms with E-state index in [2.05, 4.69) is 17.6 Å². The van der Waals surface area contributed by atoms with E-state index in [1.807, 2.05) is 24.3 Å². The fourth-order valence-corrected chi connectivity index (χ4v) is 2.84. The van der Waals surface area contributed by atoms with Crippen LogP contribution in [0.15, 0.2) is 24.3 Å². The largest absolute Gasteiger partial charge is 0.387 e.